The molecule has 0 fully saturated rings. The van der Waals surface area contributed by atoms with E-state index in [-0.39, 0.29) is 5.97 Å². The topological polar surface area (TPSA) is 56.5 Å². The zero-order valence-electron chi connectivity index (χ0n) is 10.5. The van der Waals surface area contributed by atoms with E-state index >= 15 is 0 Å². The summed E-state index contributed by atoms with van der Waals surface area (Å²) in [7, 11) is 1.37. The van der Waals surface area contributed by atoms with E-state index in [1.165, 1.54) is 7.11 Å². The van der Waals surface area contributed by atoms with Gasteiger partial charge in [-0.05, 0) is 24.5 Å². The van der Waals surface area contributed by atoms with Crippen molar-refractivity contribution in [3.05, 3.63) is 36.3 Å². The summed E-state index contributed by atoms with van der Waals surface area (Å²) in [6.07, 6.45) is 5.46. The van der Waals surface area contributed by atoms with Gasteiger partial charge < -0.3 is 4.74 Å². The molecule has 3 rings (SSSR count). The van der Waals surface area contributed by atoms with Crippen LogP contribution in [0.15, 0.2) is 35.9 Å². The van der Waals surface area contributed by atoms with Gasteiger partial charge in [0, 0.05) is 5.39 Å². The first-order valence-electron chi connectivity index (χ1n) is 5.62. The predicted molar refractivity (Wildman–Crippen MR) is 73.6 cm³/mol. The fourth-order valence-corrected chi connectivity index (χ4v) is 2.56. The number of thioether (sulfide) groups is 1. The molecule has 0 saturated carbocycles. The Morgan fingerprint density at radius 3 is 3.00 bits per heavy atom. The molecule has 2 heterocycles. The fourth-order valence-electron chi connectivity index (χ4n) is 2.03. The number of nitrogens with zero attached hydrogens (tertiary/aromatic N) is 3. The van der Waals surface area contributed by atoms with E-state index in [9.17, 15) is 4.79 Å². The summed E-state index contributed by atoms with van der Waals surface area (Å²) >= 11 is 1.55. The average molecular weight is 273 g/mol. The largest absolute Gasteiger partial charge is 0.465 e. The molecule has 5 nitrogen and oxygen atoms in total. The van der Waals surface area contributed by atoms with Gasteiger partial charge in [-0.2, -0.15) is 0 Å². The molecule has 0 N–H and O–H groups in total. The smallest absolute Gasteiger partial charge is 0.337 e. The summed E-state index contributed by atoms with van der Waals surface area (Å²) in [5, 5.41) is 1.75. The van der Waals surface area contributed by atoms with Crippen LogP contribution in [-0.4, -0.2) is 33.7 Å². The fraction of sp³-hybridized carbons (Fsp3) is 0.154. The normalized spacial score (nSPS) is 11.1. The lowest BCUT2D eigenvalue weighted by atomic mass is 10.1. The van der Waals surface area contributed by atoms with Crippen molar-refractivity contribution in [2.45, 2.75) is 5.16 Å². The van der Waals surface area contributed by atoms with Crippen LogP contribution < -0.4 is 0 Å². The Balaban J connectivity index is 2.36. The Morgan fingerprint density at radius 2 is 2.26 bits per heavy atom. The van der Waals surface area contributed by atoms with Crippen molar-refractivity contribution in [3.8, 4) is 0 Å². The van der Waals surface area contributed by atoms with Crippen LogP contribution in [0.2, 0.25) is 0 Å². The molecule has 0 aliphatic heterocycles. The van der Waals surface area contributed by atoms with E-state index in [1.54, 1.807) is 36.4 Å². The number of methoxy groups -OCH3 is 1. The quantitative estimate of drug-likeness (QED) is 0.407. The van der Waals surface area contributed by atoms with E-state index in [0.29, 0.717) is 5.56 Å². The Bertz CT molecular complexity index is 782. The molecule has 0 radical (unpaired) electrons. The van der Waals surface area contributed by atoms with Crippen molar-refractivity contribution in [1.29, 1.82) is 0 Å². The number of hydrogen-bond acceptors (Lipinski definition) is 5. The molecule has 0 unspecified atom stereocenters. The van der Waals surface area contributed by atoms with Crippen LogP contribution in [-0.2, 0) is 4.74 Å². The highest BCUT2D eigenvalue weighted by Crippen LogP contribution is 2.24. The van der Waals surface area contributed by atoms with Crippen LogP contribution >= 0.6 is 11.8 Å². The van der Waals surface area contributed by atoms with E-state index in [1.807, 2.05) is 16.7 Å². The first kappa shape index (κ1) is 12.0. The summed E-state index contributed by atoms with van der Waals surface area (Å²) in [5.74, 6) is -0.353. The number of carbonyl (C=O) groups is 1. The van der Waals surface area contributed by atoms with Crippen molar-refractivity contribution < 1.29 is 9.53 Å². The lowest BCUT2D eigenvalue weighted by molar-refractivity contribution is 0.0601. The lowest BCUT2D eigenvalue weighted by Crippen LogP contribution is -2.02. The maximum absolute atomic E-state index is 11.6. The highest BCUT2D eigenvalue weighted by Gasteiger charge is 2.11. The van der Waals surface area contributed by atoms with Crippen molar-refractivity contribution >= 4 is 34.2 Å². The van der Waals surface area contributed by atoms with Crippen LogP contribution in [0.5, 0.6) is 0 Å². The van der Waals surface area contributed by atoms with Crippen LogP contribution in [0.1, 0.15) is 10.4 Å². The number of benzene rings is 1. The number of fused-ring (bicyclic) bond motifs is 3. The molecule has 3 aromatic rings. The molecular weight excluding hydrogens is 262 g/mol. The SMILES string of the molecule is COC(=O)c1ccc2nc(SC)n3cncc3c2c1. The van der Waals surface area contributed by atoms with Crippen LogP contribution in [0.3, 0.4) is 0 Å². The van der Waals surface area contributed by atoms with E-state index in [0.717, 1.165) is 21.6 Å². The lowest BCUT2D eigenvalue weighted by Gasteiger charge is -2.07. The van der Waals surface area contributed by atoms with Gasteiger partial charge in [0.05, 0.1) is 29.9 Å². The summed E-state index contributed by atoms with van der Waals surface area (Å²) < 4.78 is 6.65. The Kier molecular flexibility index (Phi) is 2.87. The molecular formula is C13H11N3O2S. The molecule has 0 spiro atoms. The molecule has 0 aliphatic rings. The van der Waals surface area contributed by atoms with Crippen LogP contribution in [0, 0.1) is 0 Å². The summed E-state index contributed by atoms with van der Waals surface area (Å²) in [6.45, 7) is 0. The molecule has 6 heteroatoms. The maximum atomic E-state index is 11.6. The van der Waals surface area contributed by atoms with Gasteiger partial charge in [-0.1, -0.05) is 11.8 Å². The number of carbonyl (C=O) groups excluding carboxylic acids is 1. The number of imidazole rings is 1. The minimum Gasteiger partial charge on any atom is -0.465 e. The molecule has 1 aromatic carbocycles. The van der Waals surface area contributed by atoms with Crippen molar-refractivity contribution in [1.82, 2.24) is 14.4 Å². The first-order valence-corrected chi connectivity index (χ1v) is 6.85. The zero-order valence-corrected chi connectivity index (χ0v) is 11.3. The van der Waals surface area contributed by atoms with Crippen molar-refractivity contribution in [3.63, 3.8) is 0 Å². The first-order chi connectivity index (χ1) is 9.24. The Morgan fingerprint density at radius 1 is 1.42 bits per heavy atom. The Hall–Kier alpha value is -2.08. The van der Waals surface area contributed by atoms with E-state index < -0.39 is 0 Å². The third-order valence-electron chi connectivity index (χ3n) is 2.94. The molecule has 0 bridgehead atoms. The maximum Gasteiger partial charge on any atom is 0.337 e. The van der Waals surface area contributed by atoms with Gasteiger partial charge in [-0.15, -0.1) is 0 Å². The molecule has 2 aromatic heterocycles. The standard InChI is InChI=1S/C13H11N3O2S/c1-18-12(17)8-3-4-10-9(5-8)11-6-14-7-16(11)13(15-10)19-2/h3-7H,1-2H3. The van der Waals surface area contributed by atoms with Gasteiger partial charge in [0.1, 0.15) is 6.33 Å². The highest BCUT2D eigenvalue weighted by atomic mass is 32.2. The van der Waals surface area contributed by atoms with Crippen LogP contribution in [0.4, 0.5) is 0 Å². The van der Waals surface area contributed by atoms with E-state index in [2.05, 4.69) is 9.97 Å². The predicted octanol–water partition coefficient (Wildman–Crippen LogP) is 2.39. The van der Waals surface area contributed by atoms with Gasteiger partial charge in [0.15, 0.2) is 5.16 Å². The molecule has 0 amide bonds. The number of ether oxygens (including phenoxy) is 1. The monoisotopic (exact) mass is 273 g/mol. The third kappa shape index (κ3) is 1.84. The molecule has 0 atom stereocenters. The van der Waals surface area contributed by atoms with E-state index in [4.69, 9.17) is 4.74 Å². The minimum absolute atomic E-state index is 0.353. The number of rotatable bonds is 2. The number of esters is 1. The summed E-state index contributed by atoms with van der Waals surface area (Å²) in [4.78, 5) is 20.3. The van der Waals surface area contributed by atoms with Gasteiger partial charge in [0.2, 0.25) is 0 Å². The minimum atomic E-state index is -0.353. The van der Waals surface area contributed by atoms with Gasteiger partial charge in [-0.25, -0.2) is 14.8 Å². The molecule has 19 heavy (non-hydrogen) atoms. The average Bonchev–Trinajstić information content (AvgIpc) is 2.94. The summed E-state index contributed by atoms with van der Waals surface area (Å²) in [5.41, 5.74) is 2.28. The molecule has 96 valence electrons. The number of aromatic nitrogens is 3. The third-order valence-corrected chi connectivity index (χ3v) is 3.59. The second-order valence-corrected chi connectivity index (χ2v) is 4.74. The summed E-state index contributed by atoms with van der Waals surface area (Å²) in [6, 6.07) is 5.34. The zero-order chi connectivity index (χ0) is 13.4. The molecule has 0 saturated heterocycles. The van der Waals surface area contributed by atoms with Gasteiger partial charge in [0.25, 0.3) is 0 Å². The van der Waals surface area contributed by atoms with Crippen LogP contribution in [0.25, 0.3) is 16.4 Å². The molecule has 0 aliphatic carbocycles. The second kappa shape index (κ2) is 4.55. The van der Waals surface area contributed by atoms with Crippen molar-refractivity contribution in [2.75, 3.05) is 13.4 Å². The van der Waals surface area contributed by atoms with Gasteiger partial charge >= 0.3 is 5.97 Å². The second-order valence-electron chi connectivity index (χ2n) is 3.97. The van der Waals surface area contributed by atoms with Gasteiger partial charge in [-0.3, -0.25) is 4.40 Å². The van der Waals surface area contributed by atoms with Crippen molar-refractivity contribution in [2.24, 2.45) is 0 Å². The number of hydrogen-bond donors (Lipinski definition) is 0. The Labute approximate surface area is 113 Å². The highest BCUT2D eigenvalue weighted by molar-refractivity contribution is 7.98.